The molecule has 1 fully saturated rings. The molecule has 2 rings (SSSR count). The molecule has 1 heterocycles. The number of benzene rings is 1. The highest BCUT2D eigenvalue weighted by atomic mass is 32.2. The van der Waals surface area contributed by atoms with Gasteiger partial charge in [0, 0.05) is 30.3 Å². The van der Waals surface area contributed by atoms with E-state index in [1.807, 2.05) is 17.8 Å². The van der Waals surface area contributed by atoms with Gasteiger partial charge in [0.05, 0.1) is 16.3 Å². The molecule has 2 N–H and O–H groups in total. The minimum Gasteiger partial charge on any atom is -0.396 e. The van der Waals surface area contributed by atoms with Crippen LogP contribution in [0.1, 0.15) is 6.92 Å². The molecule has 1 aliphatic heterocycles. The Morgan fingerprint density at radius 1 is 1.44 bits per heavy atom. The van der Waals surface area contributed by atoms with Crippen LogP contribution in [0.3, 0.4) is 0 Å². The molecule has 0 radical (unpaired) electrons. The third kappa shape index (κ3) is 2.75. The van der Waals surface area contributed by atoms with Crippen molar-refractivity contribution in [3.63, 3.8) is 0 Å². The number of anilines is 2. The van der Waals surface area contributed by atoms with E-state index in [2.05, 4.69) is 11.8 Å². The fraction of sp³-hybridized carbons (Fsp3) is 0.500. The van der Waals surface area contributed by atoms with Crippen LogP contribution in [0.2, 0.25) is 0 Å². The summed E-state index contributed by atoms with van der Waals surface area (Å²) in [6.45, 7) is 3.99. The molecule has 1 saturated heterocycles. The summed E-state index contributed by atoms with van der Waals surface area (Å²) in [5, 5.41) is 0.542. The number of nitrogens with zero attached hydrogens (tertiary/aromatic N) is 1. The Bertz CT molecular complexity index is 543. The summed E-state index contributed by atoms with van der Waals surface area (Å²) < 4.78 is 23.3. The van der Waals surface area contributed by atoms with Crippen LogP contribution in [0.5, 0.6) is 0 Å². The first-order valence-electron chi connectivity index (χ1n) is 5.84. The number of hydrogen-bond donors (Lipinski definition) is 1. The molecule has 1 unspecified atom stereocenters. The molecule has 1 aliphatic rings. The van der Waals surface area contributed by atoms with Gasteiger partial charge in [-0.3, -0.25) is 0 Å². The van der Waals surface area contributed by atoms with Gasteiger partial charge in [-0.15, -0.1) is 0 Å². The van der Waals surface area contributed by atoms with Gasteiger partial charge in [0.15, 0.2) is 9.84 Å². The van der Waals surface area contributed by atoms with Gasteiger partial charge in [-0.25, -0.2) is 8.42 Å². The molecule has 0 saturated carbocycles. The number of sulfone groups is 1. The Kier molecular flexibility index (Phi) is 3.77. The van der Waals surface area contributed by atoms with Crippen molar-refractivity contribution in [1.29, 1.82) is 0 Å². The average Bonchev–Trinajstić information content (AvgIpc) is 2.27. The second kappa shape index (κ2) is 5.01. The lowest BCUT2D eigenvalue weighted by Gasteiger charge is -2.33. The molecule has 1 aromatic carbocycles. The molecular formula is C12H18N2O2S2. The van der Waals surface area contributed by atoms with Gasteiger partial charge < -0.3 is 10.6 Å². The van der Waals surface area contributed by atoms with Crippen molar-refractivity contribution in [2.24, 2.45) is 0 Å². The monoisotopic (exact) mass is 286 g/mol. The van der Waals surface area contributed by atoms with Gasteiger partial charge in [0.2, 0.25) is 0 Å². The van der Waals surface area contributed by atoms with Gasteiger partial charge >= 0.3 is 0 Å². The summed E-state index contributed by atoms with van der Waals surface area (Å²) >= 11 is 1.93. The van der Waals surface area contributed by atoms with E-state index in [0.717, 1.165) is 24.5 Å². The van der Waals surface area contributed by atoms with Gasteiger partial charge in [-0.1, -0.05) is 13.0 Å². The molecule has 0 aromatic heterocycles. The van der Waals surface area contributed by atoms with E-state index < -0.39 is 9.84 Å². The lowest BCUT2D eigenvalue weighted by Crippen LogP contribution is -2.37. The minimum atomic E-state index is -3.27. The fourth-order valence-electron chi connectivity index (χ4n) is 2.17. The number of thioether (sulfide) groups is 1. The van der Waals surface area contributed by atoms with Crippen LogP contribution in [0.4, 0.5) is 11.4 Å². The standard InChI is InChI=1S/C12H18N2O2S2/c1-9-8-14(6-7-17-9)10-4-3-5-11(12(10)13)18(2,15)16/h3-5,9H,6-8,13H2,1-2H3. The summed E-state index contributed by atoms with van der Waals surface area (Å²) in [5.74, 6) is 1.05. The van der Waals surface area contributed by atoms with E-state index in [-0.39, 0.29) is 4.90 Å². The van der Waals surface area contributed by atoms with Crippen LogP contribution < -0.4 is 10.6 Å². The molecule has 0 amide bonds. The Hall–Kier alpha value is -0.880. The third-order valence-corrected chi connectivity index (χ3v) is 5.32. The lowest BCUT2D eigenvalue weighted by atomic mass is 10.2. The maximum absolute atomic E-state index is 11.7. The highest BCUT2D eigenvalue weighted by Crippen LogP contribution is 2.32. The van der Waals surface area contributed by atoms with Crippen molar-refractivity contribution in [3.05, 3.63) is 18.2 Å². The molecule has 0 bridgehead atoms. The molecule has 100 valence electrons. The quantitative estimate of drug-likeness (QED) is 0.837. The van der Waals surface area contributed by atoms with Crippen LogP contribution in [0, 0.1) is 0 Å². The molecule has 1 atom stereocenters. The molecule has 0 aliphatic carbocycles. The lowest BCUT2D eigenvalue weighted by molar-refractivity contribution is 0.602. The minimum absolute atomic E-state index is 0.228. The van der Waals surface area contributed by atoms with E-state index in [4.69, 9.17) is 5.73 Å². The normalized spacial score (nSPS) is 21.0. The third-order valence-electron chi connectivity index (χ3n) is 3.02. The number of hydrogen-bond acceptors (Lipinski definition) is 5. The Balaban J connectivity index is 2.40. The average molecular weight is 286 g/mol. The predicted molar refractivity (Wildman–Crippen MR) is 78.1 cm³/mol. The number of nitrogens with two attached hydrogens (primary N) is 1. The van der Waals surface area contributed by atoms with Crippen LogP contribution in [0.25, 0.3) is 0 Å². The summed E-state index contributed by atoms with van der Waals surface area (Å²) in [6, 6.07) is 5.22. The molecule has 6 heteroatoms. The van der Waals surface area contributed by atoms with Crippen molar-refractivity contribution in [1.82, 2.24) is 0 Å². The first kappa shape index (κ1) is 13.5. The van der Waals surface area contributed by atoms with Crippen molar-refractivity contribution in [2.45, 2.75) is 17.1 Å². The van der Waals surface area contributed by atoms with Crippen LogP contribution in [-0.4, -0.2) is 38.8 Å². The summed E-state index contributed by atoms with van der Waals surface area (Å²) in [6.07, 6.45) is 1.19. The van der Waals surface area contributed by atoms with E-state index >= 15 is 0 Å². The zero-order valence-electron chi connectivity index (χ0n) is 10.6. The second-order valence-corrected chi connectivity index (χ2v) is 8.12. The second-order valence-electron chi connectivity index (χ2n) is 4.59. The van der Waals surface area contributed by atoms with Crippen LogP contribution >= 0.6 is 11.8 Å². The van der Waals surface area contributed by atoms with Crippen LogP contribution in [-0.2, 0) is 9.84 Å². The Labute approximate surface area is 112 Å². The molecular weight excluding hydrogens is 268 g/mol. The van der Waals surface area contributed by atoms with Crippen molar-refractivity contribution < 1.29 is 8.42 Å². The number of para-hydroxylation sites is 1. The maximum Gasteiger partial charge on any atom is 0.177 e. The van der Waals surface area contributed by atoms with Gasteiger partial charge in [-0.05, 0) is 12.1 Å². The smallest absolute Gasteiger partial charge is 0.177 e. The van der Waals surface area contributed by atoms with Gasteiger partial charge in [-0.2, -0.15) is 11.8 Å². The van der Waals surface area contributed by atoms with Crippen molar-refractivity contribution >= 4 is 33.0 Å². The van der Waals surface area contributed by atoms with E-state index in [9.17, 15) is 8.42 Å². The van der Waals surface area contributed by atoms with E-state index in [0.29, 0.717) is 10.9 Å². The topological polar surface area (TPSA) is 63.4 Å². The zero-order chi connectivity index (χ0) is 13.3. The van der Waals surface area contributed by atoms with Gasteiger partial charge in [0.1, 0.15) is 0 Å². The maximum atomic E-state index is 11.7. The van der Waals surface area contributed by atoms with E-state index in [1.165, 1.54) is 6.26 Å². The van der Waals surface area contributed by atoms with Crippen LogP contribution in [0.15, 0.2) is 23.1 Å². The van der Waals surface area contributed by atoms with E-state index in [1.54, 1.807) is 12.1 Å². The van der Waals surface area contributed by atoms with Gasteiger partial charge in [0.25, 0.3) is 0 Å². The summed E-state index contributed by atoms with van der Waals surface area (Å²) in [7, 11) is -3.27. The molecule has 4 nitrogen and oxygen atoms in total. The predicted octanol–water partition coefficient (Wildman–Crippen LogP) is 1.61. The Morgan fingerprint density at radius 2 is 2.17 bits per heavy atom. The highest BCUT2D eigenvalue weighted by molar-refractivity contribution is 8.00. The Morgan fingerprint density at radius 3 is 2.78 bits per heavy atom. The molecule has 18 heavy (non-hydrogen) atoms. The number of nitrogen functional groups attached to an aromatic ring is 1. The molecule has 1 aromatic rings. The first-order chi connectivity index (χ1) is 8.39. The molecule has 0 spiro atoms. The first-order valence-corrected chi connectivity index (χ1v) is 8.78. The largest absolute Gasteiger partial charge is 0.396 e. The van der Waals surface area contributed by atoms with Crippen molar-refractivity contribution in [2.75, 3.05) is 35.7 Å². The fourth-order valence-corrected chi connectivity index (χ4v) is 4.01. The zero-order valence-corrected chi connectivity index (χ0v) is 12.2. The number of rotatable bonds is 2. The summed E-state index contributed by atoms with van der Waals surface area (Å²) in [4.78, 5) is 2.40. The highest BCUT2D eigenvalue weighted by Gasteiger charge is 2.21. The SMILES string of the molecule is CC1CN(c2cccc(S(C)(=O)=O)c2N)CCS1. The summed E-state index contributed by atoms with van der Waals surface area (Å²) in [5.41, 5.74) is 7.23. The van der Waals surface area contributed by atoms with Crippen molar-refractivity contribution in [3.8, 4) is 0 Å².